The van der Waals surface area contributed by atoms with Crippen LogP contribution in [-0.2, 0) is 15.8 Å². The molecule has 5 nitrogen and oxygen atoms in total. The summed E-state index contributed by atoms with van der Waals surface area (Å²) in [6.45, 7) is 0.0762. The van der Waals surface area contributed by atoms with E-state index in [2.05, 4.69) is 10.3 Å². The molecule has 1 amide bonds. The Labute approximate surface area is 111 Å². The van der Waals surface area contributed by atoms with Gasteiger partial charge in [-0.25, -0.2) is 0 Å². The third-order valence-electron chi connectivity index (χ3n) is 2.82. The molecule has 1 aliphatic rings. The maximum atomic E-state index is 12.4. The van der Waals surface area contributed by atoms with Crippen molar-refractivity contribution < 1.29 is 22.8 Å². The molecule has 0 spiro atoms. The van der Waals surface area contributed by atoms with Crippen molar-refractivity contribution >= 4 is 11.7 Å². The molecular weight excluding hydrogens is 275 g/mol. The predicted octanol–water partition coefficient (Wildman–Crippen LogP) is 0.725. The number of ketones is 1. The molecule has 0 radical (unpaired) electrons. The molecule has 2 rings (SSSR count). The predicted molar refractivity (Wildman–Crippen MR) is 62.3 cm³/mol. The fraction of sp³-hybridized carbons (Fsp3) is 0.250. The third kappa shape index (κ3) is 2.85. The van der Waals surface area contributed by atoms with Gasteiger partial charge in [0, 0.05) is 18.3 Å². The molecule has 0 saturated heterocycles. The van der Waals surface area contributed by atoms with E-state index in [4.69, 9.17) is 5.73 Å². The van der Waals surface area contributed by atoms with E-state index in [1.165, 1.54) is 6.07 Å². The molecular formula is C12H10F3N3O2. The Morgan fingerprint density at radius 2 is 2.10 bits per heavy atom. The zero-order valence-electron chi connectivity index (χ0n) is 10.1. The minimum absolute atomic E-state index is 0.0762. The standard InChI is InChI=1S/C12H10F3N3O2/c13-12(14,15)9-2-1-6(4-17-9)10-8(19)3-7(5-18-10)11(16)20/h1-4,10,18H,5H2,(H2,16,20). The second kappa shape index (κ2) is 5.04. The van der Waals surface area contributed by atoms with Gasteiger partial charge >= 0.3 is 6.18 Å². The van der Waals surface area contributed by atoms with Crippen molar-refractivity contribution in [3.63, 3.8) is 0 Å². The van der Waals surface area contributed by atoms with Gasteiger partial charge in [0.15, 0.2) is 5.78 Å². The molecule has 2 heterocycles. The van der Waals surface area contributed by atoms with E-state index in [-0.39, 0.29) is 12.1 Å². The average molecular weight is 285 g/mol. The number of nitrogens with one attached hydrogen (secondary N) is 1. The summed E-state index contributed by atoms with van der Waals surface area (Å²) in [5.74, 6) is -1.17. The van der Waals surface area contributed by atoms with Gasteiger partial charge < -0.3 is 5.73 Å². The number of carbonyl (C=O) groups excluding carboxylic acids is 2. The van der Waals surface area contributed by atoms with Gasteiger partial charge in [-0.1, -0.05) is 6.07 Å². The van der Waals surface area contributed by atoms with Gasteiger partial charge in [-0.05, 0) is 17.7 Å². The summed E-state index contributed by atoms with van der Waals surface area (Å²) in [4.78, 5) is 26.0. The van der Waals surface area contributed by atoms with Crippen LogP contribution in [0, 0.1) is 0 Å². The average Bonchev–Trinajstić information content (AvgIpc) is 2.37. The number of hydrogen-bond acceptors (Lipinski definition) is 4. The van der Waals surface area contributed by atoms with Gasteiger partial charge in [0.05, 0.1) is 6.04 Å². The lowest BCUT2D eigenvalue weighted by Crippen LogP contribution is -2.37. The summed E-state index contributed by atoms with van der Waals surface area (Å²) >= 11 is 0. The van der Waals surface area contributed by atoms with Crippen molar-refractivity contribution in [3.8, 4) is 0 Å². The van der Waals surface area contributed by atoms with Gasteiger partial charge in [-0.15, -0.1) is 0 Å². The smallest absolute Gasteiger partial charge is 0.366 e. The molecule has 8 heteroatoms. The monoisotopic (exact) mass is 285 g/mol. The topological polar surface area (TPSA) is 85.1 Å². The summed E-state index contributed by atoms with van der Waals surface area (Å²) in [7, 11) is 0. The fourth-order valence-electron chi connectivity index (χ4n) is 1.80. The first-order chi connectivity index (χ1) is 9.29. The quantitative estimate of drug-likeness (QED) is 0.838. The second-order valence-corrected chi connectivity index (χ2v) is 4.22. The van der Waals surface area contributed by atoms with Crippen molar-refractivity contribution in [2.24, 2.45) is 5.73 Å². The first kappa shape index (κ1) is 14.2. The third-order valence-corrected chi connectivity index (χ3v) is 2.82. The largest absolute Gasteiger partial charge is 0.433 e. The minimum atomic E-state index is -4.53. The first-order valence-electron chi connectivity index (χ1n) is 5.60. The zero-order valence-corrected chi connectivity index (χ0v) is 10.1. The normalized spacial score (nSPS) is 19.6. The van der Waals surface area contributed by atoms with Gasteiger partial charge in [-0.2, -0.15) is 13.2 Å². The van der Waals surface area contributed by atoms with E-state index >= 15 is 0 Å². The first-order valence-corrected chi connectivity index (χ1v) is 5.60. The maximum Gasteiger partial charge on any atom is 0.433 e. The Balaban J connectivity index is 2.22. The number of nitrogens with zero attached hydrogens (tertiary/aromatic N) is 1. The number of pyridine rings is 1. The lowest BCUT2D eigenvalue weighted by molar-refractivity contribution is -0.141. The summed E-state index contributed by atoms with van der Waals surface area (Å²) in [5, 5.41) is 2.73. The molecule has 106 valence electrons. The van der Waals surface area contributed by atoms with Gasteiger partial charge in [0.1, 0.15) is 5.69 Å². The second-order valence-electron chi connectivity index (χ2n) is 4.22. The van der Waals surface area contributed by atoms with E-state index in [1.54, 1.807) is 0 Å². The van der Waals surface area contributed by atoms with Crippen molar-refractivity contribution in [1.82, 2.24) is 10.3 Å². The highest BCUT2D eigenvalue weighted by Gasteiger charge is 2.33. The molecule has 3 N–H and O–H groups in total. The highest BCUT2D eigenvalue weighted by molar-refractivity contribution is 6.05. The van der Waals surface area contributed by atoms with Crippen molar-refractivity contribution in [1.29, 1.82) is 0 Å². The van der Waals surface area contributed by atoms with Crippen LogP contribution < -0.4 is 11.1 Å². The van der Waals surface area contributed by atoms with E-state index in [0.29, 0.717) is 5.56 Å². The molecule has 0 aliphatic carbocycles. The van der Waals surface area contributed by atoms with E-state index in [9.17, 15) is 22.8 Å². The van der Waals surface area contributed by atoms with Crippen LogP contribution >= 0.6 is 0 Å². The minimum Gasteiger partial charge on any atom is -0.366 e. The van der Waals surface area contributed by atoms with Crippen molar-refractivity contribution in [2.75, 3.05) is 6.54 Å². The summed E-state index contributed by atoms with van der Waals surface area (Å²) < 4.78 is 37.1. The van der Waals surface area contributed by atoms with Crippen LogP contribution in [-0.4, -0.2) is 23.2 Å². The molecule has 0 fully saturated rings. The molecule has 1 aromatic heterocycles. The van der Waals surface area contributed by atoms with Crippen LogP contribution in [0.5, 0.6) is 0 Å². The lowest BCUT2D eigenvalue weighted by atomic mass is 9.98. The number of alkyl halides is 3. The van der Waals surface area contributed by atoms with Crippen LogP contribution in [0.3, 0.4) is 0 Å². The number of aromatic nitrogens is 1. The number of hydrogen-bond donors (Lipinski definition) is 2. The van der Waals surface area contributed by atoms with Gasteiger partial charge in [0.2, 0.25) is 5.91 Å². The Bertz CT molecular complexity index is 579. The molecule has 1 atom stereocenters. The Kier molecular flexibility index (Phi) is 3.58. The Morgan fingerprint density at radius 1 is 1.40 bits per heavy atom. The number of rotatable bonds is 2. The number of amides is 1. The van der Waals surface area contributed by atoms with E-state index in [1.807, 2.05) is 0 Å². The zero-order chi connectivity index (χ0) is 14.9. The molecule has 1 aliphatic heterocycles. The number of halogens is 3. The highest BCUT2D eigenvalue weighted by atomic mass is 19.4. The van der Waals surface area contributed by atoms with Crippen LogP contribution in [0.4, 0.5) is 13.2 Å². The molecule has 0 saturated carbocycles. The van der Waals surface area contributed by atoms with Crippen LogP contribution in [0.2, 0.25) is 0 Å². The SMILES string of the molecule is NC(=O)C1=CC(=O)C(c2ccc(C(F)(F)F)nc2)NC1. The molecule has 0 aromatic carbocycles. The number of primary amides is 1. The van der Waals surface area contributed by atoms with Crippen LogP contribution in [0.15, 0.2) is 30.0 Å². The highest BCUT2D eigenvalue weighted by Crippen LogP contribution is 2.28. The Morgan fingerprint density at radius 3 is 2.55 bits per heavy atom. The van der Waals surface area contributed by atoms with E-state index in [0.717, 1.165) is 18.3 Å². The summed E-state index contributed by atoms with van der Waals surface area (Å²) in [5.41, 5.74) is 4.44. The van der Waals surface area contributed by atoms with Crippen molar-refractivity contribution in [2.45, 2.75) is 12.2 Å². The summed E-state index contributed by atoms with van der Waals surface area (Å²) in [6, 6.07) is 1.15. The molecule has 1 aromatic rings. The number of carbonyl (C=O) groups is 2. The molecule has 1 unspecified atom stereocenters. The maximum absolute atomic E-state index is 12.4. The van der Waals surface area contributed by atoms with Crippen LogP contribution in [0.1, 0.15) is 17.3 Å². The van der Waals surface area contributed by atoms with Crippen molar-refractivity contribution in [3.05, 3.63) is 41.2 Å². The summed E-state index contributed by atoms with van der Waals surface area (Å²) in [6.07, 6.45) is -2.44. The lowest BCUT2D eigenvalue weighted by Gasteiger charge is -2.21. The van der Waals surface area contributed by atoms with Gasteiger partial charge in [0.25, 0.3) is 0 Å². The Hall–Kier alpha value is -2.22. The van der Waals surface area contributed by atoms with Gasteiger partial charge in [-0.3, -0.25) is 19.9 Å². The van der Waals surface area contributed by atoms with E-state index < -0.39 is 29.6 Å². The van der Waals surface area contributed by atoms with Crippen LogP contribution in [0.25, 0.3) is 0 Å². The number of nitrogens with two attached hydrogens (primary N) is 1. The fourth-order valence-corrected chi connectivity index (χ4v) is 1.80. The molecule has 0 bridgehead atoms. The molecule has 20 heavy (non-hydrogen) atoms.